The molecule has 1 aliphatic carbocycles. The number of nitrogens with zero attached hydrogens (tertiary/aromatic N) is 1. The number of hydrogen-bond acceptors (Lipinski definition) is 3. The Hall–Kier alpha value is -1.53. The maximum absolute atomic E-state index is 14.3. The number of morpholine rings is 1. The number of rotatable bonds is 3. The first-order valence-corrected chi connectivity index (χ1v) is 7.97. The highest BCUT2D eigenvalue weighted by molar-refractivity contribution is 5.89. The minimum Gasteiger partial charge on any atom is -0.394 e. The van der Waals surface area contributed by atoms with Crippen LogP contribution in [0, 0.1) is 11.6 Å². The molecule has 1 amide bonds. The Morgan fingerprint density at radius 2 is 2.17 bits per heavy atom. The summed E-state index contributed by atoms with van der Waals surface area (Å²) in [5.41, 5.74) is -0.641. The number of aliphatic hydroxyl groups excluding tert-OH is 1. The number of halogens is 2. The molecular weight excluding hydrogens is 304 g/mol. The van der Waals surface area contributed by atoms with E-state index in [2.05, 4.69) is 0 Å². The summed E-state index contributed by atoms with van der Waals surface area (Å²) in [5.74, 6) is -1.46. The van der Waals surface area contributed by atoms with Crippen molar-refractivity contribution in [3.8, 4) is 0 Å². The first kappa shape index (κ1) is 16.3. The molecular formula is C17H21F2NO3. The van der Waals surface area contributed by atoms with Crippen molar-refractivity contribution in [2.75, 3.05) is 19.8 Å². The Kier molecular flexibility index (Phi) is 4.38. The molecule has 1 N–H and O–H groups in total. The molecule has 2 aliphatic rings. The van der Waals surface area contributed by atoms with E-state index in [9.17, 15) is 18.7 Å². The van der Waals surface area contributed by atoms with Crippen LogP contribution in [0.3, 0.4) is 0 Å². The summed E-state index contributed by atoms with van der Waals surface area (Å²) < 4.78 is 32.9. The van der Waals surface area contributed by atoms with Gasteiger partial charge in [-0.25, -0.2) is 8.78 Å². The molecule has 0 bridgehead atoms. The SMILES string of the molecule is CC1COC(CO)CN1C(=O)C1(c2ccc(F)cc2F)CCC1. The minimum atomic E-state index is -0.913. The summed E-state index contributed by atoms with van der Waals surface area (Å²) in [6.45, 7) is 2.35. The lowest BCUT2D eigenvalue weighted by molar-refractivity contribution is -0.155. The van der Waals surface area contributed by atoms with E-state index in [0.29, 0.717) is 26.0 Å². The fourth-order valence-electron chi connectivity index (χ4n) is 3.49. The van der Waals surface area contributed by atoms with Crippen molar-refractivity contribution in [2.24, 2.45) is 0 Å². The number of carbonyl (C=O) groups excluding carboxylic acids is 1. The van der Waals surface area contributed by atoms with Gasteiger partial charge in [0.2, 0.25) is 5.91 Å². The Bertz CT molecular complexity index is 604. The van der Waals surface area contributed by atoms with Crippen molar-refractivity contribution in [1.29, 1.82) is 0 Å². The van der Waals surface area contributed by atoms with Gasteiger partial charge in [-0.2, -0.15) is 0 Å². The Morgan fingerprint density at radius 3 is 2.74 bits per heavy atom. The van der Waals surface area contributed by atoms with Gasteiger partial charge in [0.1, 0.15) is 11.6 Å². The molecule has 1 aromatic rings. The molecule has 0 radical (unpaired) electrons. The van der Waals surface area contributed by atoms with Crippen LogP contribution in [0.5, 0.6) is 0 Å². The van der Waals surface area contributed by atoms with Gasteiger partial charge < -0.3 is 14.7 Å². The van der Waals surface area contributed by atoms with Crippen LogP contribution in [0.15, 0.2) is 18.2 Å². The zero-order chi connectivity index (χ0) is 16.6. The molecule has 126 valence electrons. The third kappa shape index (κ3) is 2.74. The smallest absolute Gasteiger partial charge is 0.233 e. The van der Waals surface area contributed by atoms with Crippen molar-refractivity contribution in [3.05, 3.63) is 35.4 Å². The zero-order valence-electron chi connectivity index (χ0n) is 13.1. The molecule has 2 unspecified atom stereocenters. The summed E-state index contributed by atoms with van der Waals surface area (Å²) in [6, 6.07) is 3.29. The van der Waals surface area contributed by atoms with E-state index in [1.165, 1.54) is 12.1 Å². The van der Waals surface area contributed by atoms with E-state index >= 15 is 0 Å². The van der Waals surface area contributed by atoms with E-state index in [0.717, 1.165) is 12.5 Å². The van der Waals surface area contributed by atoms with Crippen molar-refractivity contribution in [2.45, 2.75) is 43.7 Å². The van der Waals surface area contributed by atoms with E-state index < -0.39 is 23.2 Å². The third-order valence-corrected chi connectivity index (χ3v) is 5.03. The second-order valence-electron chi connectivity index (χ2n) is 6.50. The van der Waals surface area contributed by atoms with E-state index in [-0.39, 0.29) is 24.1 Å². The zero-order valence-corrected chi connectivity index (χ0v) is 13.1. The molecule has 1 aromatic carbocycles. The minimum absolute atomic E-state index is 0.133. The largest absolute Gasteiger partial charge is 0.394 e. The van der Waals surface area contributed by atoms with Crippen molar-refractivity contribution < 1.29 is 23.4 Å². The van der Waals surface area contributed by atoms with Crippen LogP contribution in [0.25, 0.3) is 0 Å². The van der Waals surface area contributed by atoms with E-state index in [4.69, 9.17) is 4.74 Å². The topological polar surface area (TPSA) is 49.8 Å². The van der Waals surface area contributed by atoms with E-state index in [1.54, 1.807) is 4.90 Å². The summed E-state index contributed by atoms with van der Waals surface area (Å²) in [6.07, 6.45) is 1.54. The van der Waals surface area contributed by atoms with Crippen LogP contribution in [-0.4, -0.2) is 47.8 Å². The molecule has 1 saturated heterocycles. The van der Waals surface area contributed by atoms with Gasteiger partial charge in [-0.15, -0.1) is 0 Å². The first-order chi connectivity index (χ1) is 11.0. The highest BCUT2D eigenvalue weighted by Crippen LogP contribution is 2.46. The van der Waals surface area contributed by atoms with Crippen molar-refractivity contribution in [1.82, 2.24) is 4.90 Å². The van der Waals surface area contributed by atoms with Gasteiger partial charge in [0.25, 0.3) is 0 Å². The van der Waals surface area contributed by atoms with Crippen LogP contribution < -0.4 is 0 Å². The molecule has 0 aromatic heterocycles. The summed E-state index contributed by atoms with van der Waals surface area (Å²) in [5, 5.41) is 9.28. The molecule has 3 rings (SSSR count). The molecule has 2 atom stereocenters. The van der Waals surface area contributed by atoms with Gasteiger partial charge in [0.05, 0.1) is 30.8 Å². The molecule has 4 nitrogen and oxygen atoms in total. The van der Waals surface area contributed by atoms with Gasteiger partial charge in [-0.05, 0) is 25.8 Å². The van der Waals surface area contributed by atoms with Gasteiger partial charge in [0.15, 0.2) is 0 Å². The van der Waals surface area contributed by atoms with Crippen LogP contribution in [0.4, 0.5) is 8.78 Å². The number of carbonyl (C=O) groups is 1. The molecule has 0 spiro atoms. The lowest BCUT2D eigenvalue weighted by Gasteiger charge is -2.47. The molecule has 1 heterocycles. The van der Waals surface area contributed by atoms with Crippen molar-refractivity contribution >= 4 is 5.91 Å². The number of ether oxygens (including phenoxy) is 1. The van der Waals surface area contributed by atoms with Crippen LogP contribution >= 0.6 is 0 Å². The Balaban J connectivity index is 1.91. The fourth-order valence-corrected chi connectivity index (χ4v) is 3.49. The van der Waals surface area contributed by atoms with Gasteiger partial charge in [-0.1, -0.05) is 12.5 Å². The van der Waals surface area contributed by atoms with Crippen LogP contribution in [0.1, 0.15) is 31.7 Å². The summed E-state index contributed by atoms with van der Waals surface area (Å²) in [4.78, 5) is 14.8. The lowest BCUT2D eigenvalue weighted by Crippen LogP contribution is -2.59. The molecule has 2 fully saturated rings. The Labute approximate surface area is 134 Å². The van der Waals surface area contributed by atoms with Gasteiger partial charge in [0, 0.05) is 18.2 Å². The highest BCUT2D eigenvalue weighted by Gasteiger charge is 2.50. The standard InChI is InChI=1S/C17H21F2NO3/c1-11-10-23-13(9-21)8-20(11)16(22)17(5-2-6-17)14-4-3-12(18)7-15(14)19/h3-4,7,11,13,21H,2,5-6,8-10H2,1H3. The second kappa shape index (κ2) is 6.17. The average Bonchev–Trinajstić information content (AvgIpc) is 2.48. The highest BCUT2D eigenvalue weighted by atomic mass is 19.1. The number of benzene rings is 1. The average molecular weight is 325 g/mol. The number of hydrogen-bond donors (Lipinski definition) is 1. The van der Waals surface area contributed by atoms with Gasteiger partial charge >= 0.3 is 0 Å². The maximum Gasteiger partial charge on any atom is 0.233 e. The normalized spacial score (nSPS) is 26.7. The predicted octanol–water partition coefficient (Wildman–Crippen LogP) is 1.99. The monoisotopic (exact) mass is 325 g/mol. The molecule has 6 heteroatoms. The number of amides is 1. The van der Waals surface area contributed by atoms with Crippen molar-refractivity contribution in [3.63, 3.8) is 0 Å². The second-order valence-corrected chi connectivity index (χ2v) is 6.50. The van der Waals surface area contributed by atoms with Crippen LogP contribution in [-0.2, 0) is 14.9 Å². The first-order valence-electron chi connectivity index (χ1n) is 7.97. The fraction of sp³-hybridized carbons (Fsp3) is 0.588. The Morgan fingerprint density at radius 1 is 1.43 bits per heavy atom. The number of aliphatic hydroxyl groups is 1. The predicted molar refractivity (Wildman–Crippen MR) is 79.9 cm³/mol. The molecule has 1 aliphatic heterocycles. The quantitative estimate of drug-likeness (QED) is 0.925. The third-order valence-electron chi connectivity index (χ3n) is 5.03. The maximum atomic E-state index is 14.3. The summed E-state index contributed by atoms with van der Waals surface area (Å²) in [7, 11) is 0. The lowest BCUT2D eigenvalue weighted by atomic mass is 9.63. The molecule has 23 heavy (non-hydrogen) atoms. The van der Waals surface area contributed by atoms with E-state index in [1.807, 2.05) is 6.92 Å². The van der Waals surface area contributed by atoms with Crippen LogP contribution in [0.2, 0.25) is 0 Å². The molecule has 1 saturated carbocycles. The van der Waals surface area contributed by atoms with Gasteiger partial charge in [-0.3, -0.25) is 4.79 Å². The summed E-state index contributed by atoms with van der Waals surface area (Å²) >= 11 is 0.